The number of esters is 1. The van der Waals surface area contributed by atoms with E-state index >= 15 is 0 Å². The Kier molecular flexibility index (Phi) is 7.67. The maximum atomic E-state index is 12.1. The molecule has 0 saturated carbocycles. The first-order valence-corrected chi connectivity index (χ1v) is 8.53. The van der Waals surface area contributed by atoms with E-state index in [0.29, 0.717) is 12.1 Å². The maximum absolute atomic E-state index is 12.1. The fourth-order valence-corrected chi connectivity index (χ4v) is 3.42. The largest absolute Gasteiger partial charge is 0.468 e. The van der Waals surface area contributed by atoms with Crippen LogP contribution in [0.1, 0.15) is 66.2 Å². The van der Waals surface area contributed by atoms with E-state index in [0.717, 1.165) is 32.4 Å². The number of hydrogen-bond donors (Lipinski definition) is 1. The molecule has 1 aliphatic rings. The molecule has 4 nitrogen and oxygen atoms in total. The molecule has 1 saturated heterocycles. The fourth-order valence-electron chi connectivity index (χ4n) is 3.42. The van der Waals surface area contributed by atoms with Crippen LogP contribution in [-0.2, 0) is 9.53 Å². The lowest BCUT2D eigenvalue weighted by molar-refractivity contribution is -0.148. The number of likely N-dealkylation sites (tertiary alicyclic amines) is 1. The molecule has 1 aliphatic heterocycles. The fraction of sp³-hybridized carbons (Fsp3) is 0.941. The monoisotopic (exact) mass is 298 g/mol. The number of carbonyl (C=O) groups is 1. The van der Waals surface area contributed by atoms with Gasteiger partial charge in [-0.2, -0.15) is 0 Å². The lowest BCUT2D eigenvalue weighted by Crippen LogP contribution is -2.51. The number of nitrogens with zero attached hydrogens (tertiary/aromatic N) is 1. The summed E-state index contributed by atoms with van der Waals surface area (Å²) in [5, 5.41) is 3.36. The summed E-state index contributed by atoms with van der Waals surface area (Å²) in [4.78, 5) is 14.7. The highest BCUT2D eigenvalue weighted by Crippen LogP contribution is 2.24. The zero-order valence-electron chi connectivity index (χ0n) is 14.6. The van der Waals surface area contributed by atoms with E-state index in [4.69, 9.17) is 4.74 Å². The Hall–Kier alpha value is -0.610. The second kappa shape index (κ2) is 8.74. The van der Waals surface area contributed by atoms with Gasteiger partial charge in [0.25, 0.3) is 0 Å². The molecule has 0 aromatic carbocycles. The number of ether oxygens (including phenoxy) is 1. The van der Waals surface area contributed by atoms with Gasteiger partial charge >= 0.3 is 5.97 Å². The van der Waals surface area contributed by atoms with Crippen molar-refractivity contribution in [3.63, 3.8) is 0 Å². The molecule has 0 amide bonds. The van der Waals surface area contributed by atoms with Gasteiger partial charge in [-0.25, -0.2) is 0 Å². The van der Waals surface area contributed by atoms with E-state index in [1.165, 1.54) is 26.4 Å². The summed E-state index contributed by atoms with van der Waals surface area (Å²) in [6.07, 6.45) is 6.82. The first-order chi connectivity index (χ1) is 9.94. The van der Waals surface area contributed by atoms with Gasteiger partial charge in [0.1, 0.15) is 5.54 Å². The van der Waals surface area contributed by atoms with Crippen LogP contribution in [0.4, 0.5) is 0 Å². The van der Waals surface area contributed by atoms with Gasteiger partial charge < -0.3 is 10.1 Å². The van der Waals surface area contributed by atoms with Gasteiger partial charge in [0.2, 0.25) is 0 Å². The molecule has 4 heteroatoms. The van der Waals surface area contributed by atoms with Gasteiger partial charge in [0, 0.05) is 12.1 Å². The first kappa shape index (κ1) is 18.4. The third-order valence-electron chi connectivity index (χ3n) is 4.87. The van der Waals surface area contributed by atoms with Crippen LogP contribution in [0.3, 0.4) is 0 Å². The van der Waals surface area contributed by atoms with Crippen molar-refractivity contribution in [3.8, 4) is 0 Å². The van der Waals surface area contributed by atoms with Gasteiger partial charge in [-0.1, -0.05) is 13.3 Å². The van der Waals surface area contributed by atoms with Gasteiger partial charge in [-0.05, 0) is 66.0 Å². The third kappa shape index (κ3) is 5.26. The quantitative estimate of drug-likeness (QED) is 0.700. The smallest absolute Gasteiger partial charge is 0.325 e. The minimum absolute atomic E-state index is 0.143. The van der Waals surface area contributed by atoms with Crippen LogP contribution >= 0.6 is 0 Å². The summed E-state index contributed by atoms with van der Waals surface area (Å²) in [6, 6.07) is 1.34. The molecule has 0 aliphatic carbocycles. The summed E-state index contributed by atoms with van der Waals surface area (Å²) < 4.78 is 4.98. The molecule has 1 rings (SSSR count). The summed E-state index contributed by atoms with van der Waals surface area (Å²) in [6.45, 7) is 10.7. The zero-order valence-corrected chi connectivity index (χ0v) is 14.6. The Bertz CT molecular complexity index is 312. The minimum atomic E-state index is -0.549. The second-order valence-corrected chi connectivity index (χ2v) is 6.72. The van der Waals surface area contributed by atoms with Crippen molar-refractivity contribution in [3.05, 3.63) is 0 Å². The lowest BCUT2D eigenvalue weighted by Gasteiger charge is -2.39. The predicted molar refractivity (Wildman–Crippen MR) is 87.4 cm³/mol. The van der Waals surface area contributed by atoms with Crippen LogP contribution in [0.2, 0.25) is 0 Å². The van der Waals surface area contributed by atoms with Crippen molar-refractivity contribution in [2.45, 2.75) is 83.8 Å². The van der Waals surface area contributed by atoms with Gasteiger partial charge in [0.05, 0.1) is 7.11 Å². The molecule has 0 aromatic heterocycles. The molecule has 0 radical (unpaired) electrons. The molecule has 1 heterocycles. The Labute approximate surface area is 130 Å². The van der Waals surface area contributed by atoms with Crippen LogP contribution < -0.4 is 5.32 Å². The SMILES string of the molecule is CCCNC(C)(CCCN1C(C)CCCC1C)C(=O)OC. The van der Waals surface area contributed by atoms with Crippen LogP contribution in [0.25, 0.3) is 0 Å². The summed E-state index contributed by atoms with van der Waals surface area (Å²) in [5.41, 5.74) is -0.549. The van der Waals surface area contributed by atoms with Crippen molar-refractivity contribution in [1.29, 1.82) is 0 Å². The Morgan fingerprint density at radius 3 is 2.48 bits per heavy atom. The van der Waals surface area contributed by atoms with E-state index in [1.807, 2.05) is 6.92 Å². The summed E-state index contributed by atoms with van der Waals surface area (Å²) in [7, 11) is 1.48. The number of methoxy groups -OCH3 is 1. The van der Waals surface area contributed by atoms with E-state index in [2.05, 4.69) is 31.0 Å². The van der Waals surface area contributed by atoms with Crippen molar-refractivity contribution >= 4 is 5.97 Å². The van der Waals surface area contributed by atoms with Crippen molar-refractivity contribution in [1.82, 2.24) is 10.2 Å². The van der Waals surface area contributed by atoms with E-state index in [9.17, 15) is 4.79 Å². The van der Waals surface area contributed by atoms with Crippen LogP contribution in [-0.4, -0.2) is 48.7 Å². The Morgan fingerprint density at radius 1 is 1.33 bits per heavy atom. The highest BCUT2D eigenvalue weighted by molar-refractivity contribution is 5.80. The third-order valence-corrected chi connectivity index (χ3v) is 4.87. The van der Waals surface area contributed by atoms with Gasteiger partial charge in [-0.3, -0.25) is 9.69 Å². The molecule has 124 valence electrons. The Balaban J connectivity index is 2.50. The number of carbonyl (C=O) groups excluding carboxylic acids is 1. The molecule has 0 spiro atoms. The molecular formula is C17H34N2O2. The van der Waals surface area contributed by atoms with Gasteiger partial charge in [0.15, 0.2) is 0 Å². The molecule has 0 bridgehead atoms. The Morgan fingerprint density at radius 2 is 1.95 bits per heavy atom. The number of nitrogens with one attached hydrogen (secondary N) is 1. The molecule has 1 fully saturated rings. The maximum Gasteiger partial charge on any atom is 0.325 e. The molecule has 3 atom stereocenters. The van der Waals surface area contributed by atoms with Crippen molar-refractivity contribution in [2.24, 2.45) is 0 Å². The highest BCUT2D eigenvalue weighted by Gasteiger charge is 2.33. The summed E-state index contributed by atoms with van der Waals surface area (Å²) in [5.74, 6) is -0.143. The van der Waals surface area contributed by atoms with E-state index in [1.54, 1.807) is 0 Å². The van der Waals surface area contributed by atoms with Crippen LogP contribution in [0.15, 0.2) is 0 Å². The first-order valence-electron chi connectivity index (χ1n) is 8.53. The summed E-state index contributed by atoms with van der Waals surface area (Å²) >= 11 is 0. The molecule has 3 unspecified atom stereocenters. The number of piperidine rings is 1. The average molecular weight is 298 g/mol. The van der Waals surface area contributed by atoms with E-state index < -0.39 is 5.54 Å². The average Bonchev–Trinajstić information content (AvgIpc) is 2.47. The number of hydrogen-bond acceptors (Lipinski definition) is 4. The normalized spacial score (nSPS) is 26.3. The standard InChI is InChI=1S/C17H34N2O2/c1-6-12-18-17(4,16(20)21-5)11-8-13-19-14(2)9-7-10-15(19)3/h14-15,18H,6-13H2,1-5H3. The van der Waals surface area contributed by atoms with Gasteiger partial charge in [-0.15, -0.1) is 0 Å². The van der Waals surface area contributed by atoms with Crippen molar-refractivity contribution < 1.29 is 9.53 Å². The van der Waals surface area contributed by atoms with Crippen LogP contribution in [0, 0.1) is 0 Å². The number of rotatable bonds is 8. The minimum Gasteiger partial charge on any atom is -0.468 e. The molecule has 1 N–H and O–H groups in total. The van der Waals surface area contributed by atoms with Crippen molar-refractivity contribution in [2.75, 3.05) is 20.2 Å². The second-order valence-electron chi connectivity index (χ2n) is 6.72. The zero-order chi connectivity index (χ0) is 15.9. The van der Waals surface area contributed by atoms with Crippen LogP contribution in [0.5, 0.6) is 0 Å². The lowest BCUT2D eigenvalue weighted by atomic mass is 9.93. The molecule has 0 aromatic rings. The topological polar surface area (TPSA) is 41.6 Å². The van der Waals surface area contributed by atoms with E-state index in [-0.39, 0.29) is 5.97 Å². The molecule has 21 heavy (non-hydrogen) atoms. The highest BCUT2D eigenvalue weighted by atomic mass is 16.5. The predicted octanol–water partition coefficient (Wildman–Crippen LogP) is 2.96. The molecular weight excluding hydrogens is 264 g/mol.